The molecule has 0 N–H and O–H groups in total. The van der Waals surface area contributed by atoms with Crippen molar-refractivity contribution in [1.82, 2.24) is 4.90 Å². The summed E-state index contributed by atoms with van der Waals surface area (Å²) < 4.78 is 0. The zero-order chi connectivity index (χ0) is 14.9. The minimum absolute atomic E-state index is 0.612. The van der Waals surface area contributed by atoms with Crippen molar-refractivity contribution in [1.29, 1.82) is 5.26 Å². The number of aryl methyl sites for hydroxylation is 1. The Morgan fingerprint density at radius 3 is 2.77 bits per heavy atom. The van der Waals surface area contributed by atoms with E-state index in [-0.39, 0.29) is 0 Å². The maximum Gasteiger partial charge on any atom is 0.0991 e. The van der Waals surface area contributed by atoms with Crippen LogP contribution < -0.4 is 0 Å². The second-order valence-electron chi connectivity index (χ2n) is 6.61. The number of hydrogen-bond donors (Lipinski definition) is 0. The Labute approximate surface area is 132 Å². The molecular weight excluding hydrogens is 268 g/mol. The van der Waals surface area contributed by atoms with E-state index in [1.807, 2.05) is 6.07 Å². The summed E-state index contributed by atoms with van der Waals surface area (Å²) in [6, 6.07) is 19.3. The Hall–Kier alpha value is -2.11. The Kier molecular flexibility index (Phi) is 3.44. The maximum atomic E-state index is 9.17. The van der Waals surface area contributed by atoms with E-state index in [1.54, 1.807) is 0 Å². The summed E-state index contributed by atoms with van der Waals surface area (Å²) in [5, 5.41) is 9.17. The zero-order valence-corrected chi connectivity index (χ0v) is 12.7. The molecule has 0 saturated carbocycles. The number of rotatable bonds is 2. The van der Waals surface area contributed by atoms with Crippen molar-refractivity contribution < 1.29 is 0 Å². The molecule has 1 aliphatic heterocycles. The number of fused-ring (bicyclic) bond motifs is 3. The molecule has 2 aromatic carbocycles. The molecule has 2 aromatic rings. The van der Waals surface area contributed by atoms with Crippen molar-refractivity contribution in [3.8, 4) is 6.07 Å². The van der Waals surface area contributed by atoms with E-state index in [0.29, 0.717) is 5.92 Å². The van der Waals surface area contributed by atoms with Crippen LogP contribution >= 0.6 is 0 Å². The maximum absolute atomic E-state index is 9.17. The molecule has 0 unspecified atom stereocenters. The van der Waals surface area contributed by atoms with E-state index in [4.69, 9.17) is 5.26 Å². The first-order valence-electron chi connectivity index (χ1n) is 8.12. The average Bonchev–Trinajstić information content (AvgIpc) is 2.98. The highest BCUT2D eigenvalue weighted by molar-refractivity contribution is 5.42. The molecule has 1 fully saturated rings. The van der Waals surface area contributed by atoms with Crippen molar-refractivity contribution in [3.63, 3.8) is 0 Å². The molecule has 0 radical (unpaired) electrons. The first-order chi connectivity index (χ1) is 10.8. The van der Waals surface area contributed by atoms with Gasteiger partial charge in [-0.1, -0.05) is 36.4 Å². The molecule has 2 atom stereocenters. The lowest BCUT2D eigenvalue weighted by Gasteiger charge is -2.27. The topological polar surface area (TPSA) is 27.0 Å². The monoisotopic (exact) mass is 288 g/mol. The van der Waals surface area contributed by atoms with Gasteiger partial charge in [-0.15, -0.1) is 0 Å². The van der Waals surface area contributed by atoms with E-state index in [2.05, 4.69) is 53.4 Å². The average molecular weight is 288 g/mol. The number of hydrogen-bond acceptors (Lipinski definition) is 2. The van der Waals surface area contributed by atoms with Gasteiger partial charge in [-0.05, 0) is 47.6 Å². The van der Waals surface area contributed by atoms with Crippen molar-refractivity contribution in [3.05, 3.63) is 70.8 Å². The van der Waals surface area contributed by atoms with Crippen molar-refractivity contribution in [2.24, 2.45) is 5.92 Å². The molecule has 4 rings (SSSR count). The summed E-state index contributed by atoms with van der Waals surface area (Å²) in [5.41, 5.74) is 5.10. The third-order valence-corrected chi connectivity index (χ3v) is 5.22. The third-order valence-electron chi connectivity index (χ3n) is 5.22. The first kappa shape index (κ1) is 13.5. The number of nitriles is 1. The number of nitrogens with zero attached hydrogens (tertiary/aromatic N) is 2. The smallest absolute Gasteiger partial charge is 0.0991 e. The molecule has 1 aliphatic carbocycles. The van der Waals surface area contributed by atoms with Gasteiger partial charge in [-0.2, -0.15) is 5.26 Å². The highest BCUT2D eigenvalue weighted by Crippen LogP contribution is 2.42. The summed E-state index contributed by atoms with van der Waals surface area (Å²) in [6.07, 6.45) is 2.45. The van der Waals surface area contributed by atoms with Gasteiger partial charge in [0, 0.05) is 25.6 Å². The number of likely N-dealkylation sites (tertiary alicyclic amines) is 1. The second kappa shape index (κ2) is 5.59. The largest absolute Gasteiger partial charge is 0.298 e. The predicted octanol–water partition coefficient (Wildman–Crippen LogP) is 3.72. The van der Waals surface area contributed by atoms with Gasteiger partial charge in [0.25, 0.3) is 0 Å². The summed E-state index contributed by atoms with van der Waals surface area (Å²) >= 11 is 0. The Morgan fingerprint density at radius 1 is 1.09 bits per heavy atom. The lowest BCUT2D eigenvalue weighted by molar-refractivity contribution is 0.313. The molecule has 110 valence electrons. The molecule has 2 heteroatoms. The lowest BCUT2D eigenvalue weighted by Crippen LogP contribution is -2.20. The summed E-state index contributed by atoms with van der Waals surface area (Å²) in [4.78, 5) is 2.58. The Bertz CT molecular complexity index is 714. The van der Waals surface area contributed by atoms with Crippen LogP contribution in [0.4, 0.5) is 0 Å². The van der Waals surface area contributed by atoms with Gasteiger partial charge in [0.1, 0.15) is 0 Å². The van der Waals surface area contributed by atoms with Crippen LogP contribution in [0.15, 0.2) is 48.5 Å². The van der Waals surface area contributed by atoms with E-state index >= 15 is 0 Å². The van der Waals surface area contributed by atoms with Crippen molar-refractivity contribution in [2.75, 3.05) is 13.1 Å². The Morgan fingerprint density at radius 2 is 1.95 bits per heavy atom. The van der Waals surface area contributed by atoms with Crippen molar-refractivity contribution in [2.45, 2.75) is 25.3 Å². The second-order valence-corrected chi connectivity index (χ2v) is 6.61. The normalized spacial score (nSPS) is 23.6. The standard InChI is InChI=1S/C20H20N2/c21-11-16-6-7-17-8-9-18-13-22(14-20(18)19(17)10-16)12-15-4-2-1-3-5-15/h1-7,10,18,20H,8-9,12-14H2/t18-,20-/m0/s1. The fourth-order valence-electron chi connectivity index (χ4n) is 4.15. The first-order valence-corrected chi connectivity index (χ1v) is 8.12. The third kappa shape index (κ3) is 2.42. The fraction of sp³-hybridized carbons (Fsp3) is 0.350. The molecule has 2 aliphatic rings. The van der Waals surface area contributed by atoms with Gasteiger partial charge in [0.2, 0.25) is 0 Å². The summed E-state index contributed by atoms with van der Waals surface area (Å²) in [5.74, 6) is 1.37. The van der Waals surface area contributed by atoms with E-state index in [1.165, 1.54) is 36.1 Å². The van der Waals surface area contributed by atoms with Gasteiger partial charge in [0.15, 0.2) is 0 Å². The predicted molar refractivity (Wildman–Crippen MR) is 87.4 cm³/mol. The molecule has 0 aromatic heterocycles. The quantitative estimate of drug-likeness (QED) is 0.842. The van der Waals surface area contributed by atoms with Gasteiger partial charge in [-0.3, -0.25) is 4.90 Å². The molecule has 0 amide bonds. The van der Waals surface area contributed by atoms with E-state index in [9.17, 15) is 0 Å². The highest BCUT2D eigenvalue weighted by atomic mass is 15.2. The van der Waals surface area contributed by atoms with Crippen LogP contribution in [0.1, 0.15) is 34.6 Å². The molecule has 1 saturated heterocycles. The van der Waals surface area contributed by atoms with Gasteiger partial charge in [-0.25, -0.2) is 0 Å². The van der Waals surface area contributed by atoms with Crippen LogP contribution in [0, 0.1) is 17.2 Å². The van der Waals surface area contributed by atoms with Gasteiger partial charge in [0.05, 0.1) is 11.6 Å². The minimum Gasteiger partial charge on any atom is -0.298 e. The van der Waals surface area contributed by atoms with Crippen LogP contribution in [0.25, 0.3) is 0 Å². The molecule has 2 nitrogen and oxygen atoms in total. The SMILES string of the molecule is N#Cc1ccc2c(c1)[C@H]1CN(Cc3ccccc3)C[C@@H]1CC2. The fourth-order valence-corrected chi connectivity index (χ4v) is 4.15. The molecule has 1 heterocycles. The number of benzene rings is 2. The van der Waals surface area contributed by atoms with Crippen LogP contribution in [0.5, 0.6) is 0 Å². The Balaban J connectivity index is 1.56. The molecule has 22 heavy (non-hydrogen) atoms. The van der Waals surface area contributed by atoms with Crippen LogP contribution in [0.3, 0.4) is 0 Å². The highest BCUT2D eigenvalue weighted by Gasteiger charge is 2.37. The minimum atomic E-state index is 0.612. The molecule has 0 bridgehead atoms. The van der Waals surface area contributed by atoms with E-state index < -0.39 is 0 Å². The van der Waals surface area contributed by atoms with Gasteiger partial charge >= 0.3 is 0 Å². The molecule has 0 spiro atoms. The lowest BCUT2D eigenvalue weighted by atomic mass is 9.76. The van der Waals surface area contributed by atoms with E-state index in [0.717, 1.165) is 24.6 Å². The zero-order valence-electron chi connectivity index (χ0n) is 12.7. The van der Waals surface area contributed by atoms with Crippen LogP contribution in [-0.2, 0) is 13.0 Å². The van der Waals surface area contributed by atoms with Crippen molar-refractivity contribution >= 4 is 0 Å². The van der Waals surface area contributed by atoms with Gasteiger partial charge < -0.3 is 0 Å². The summed E-state index contributed by atoms with van der Waals surface area (Å²) in [7, 11) is 0. The van der Waals surface area contributed by atoms with Crippen LogP contribution in [-0.4, -0.2) is 18.0 Å². The summed E-state index contributed by atoms with van der Waals surface area (Å²) in [6.45, 7) is 3.36. The van der Waals surface area contributed by atoms with Crippen LogP contribution in [0.2, 0.25) is 0 Å². The molecular formula is C20H20N2.